The van der Waals surface area contributed by atoms with E-state index in [1.165, 1.54) is 12.5 Å². The number of ether oxygens (including phenoxy) is 2. The Kier molecular flexibility index (Phi) is 8.84. The number of nitrogens with one attached hydrogen (secondary N) is 1. The third kappa shape index (κ3) is 6.45. The minimum absolute atomic E-state index is 0.0280. The number of carboxylic acid groups (broad SMARTS) is 1. The number of rotatable bonds is 11. The molecule has 3 N–H and O–H groups in total. The van der Waals surface area contributed by atoms with Crippen LogP contribution in [0.15, 0.2) is 85.5 Å². The Hall–Kier alpha value is -5.08. The van der Waals surface area contributed by atoms with Crippen molar-refractivity contribution in [2.24, 2.45) is 0 Å². The number of aliphatic hydroxyl groups is 1. The Bertz CT molecular complexity index is 1780. The van der Waals surface area contributed by atoms with Gasteiger partial charge in [0.2, 0.25) is 5.88 Å². The van der Waals surface area contributed by atoms with Gasteiger partial charge in [0.1, 0.15) is 30.8 Å². The molecule has 5 rings (SSSR count). The summed E-state index contributed by atoms with van der Waals surface area (Å²) in [7, 11) is 0. The van der Waals surface area contributed by atoms with Crippen LogP contribution in [0, 0.1) is 11.3 Å². The zero-order valence-corrected chi connectivity index (χ0v) is 22.8. The number of nitriles is 1. The molecular formula is C31H24ClN5O5. The summed E-state index contributed by atoms with van der Waals surface area (Å²) in [6, 6.07) is 21.3. The first-order chi connectivity index (χ1) is 20.5. The van der Waals surface area contributed by atoms with Crippen LogP contribution < -0.4 is 14.8 Å². The van der Waals surface area contributed by atoms with Gasteiger partial charge in [0.25, 0.3) is 0 Å². The predicted molar refractivity (Wildman–Crippen MR) is 155 cm³/mol. The van der Waals surface area contributed by atoms with E-state index in [1.54, 1.807) is 24.4 Å². The molecule has 0 unspecified atom stereocenters. The van der Waals surface area contributed by atoms with E-state index in [1.807, 2.05) is 54.6 Å². The molecule has 0 saturated heterocycles. The van der Waals surface area contributed by atoms with Crippen LogP contribution in [0.5, 0.6) is 17.4 Å². The van der Waals surface area contributed by atoms with E-state index in [2.05, 4.69) is 20.3 Å². The number of pyridine rings is 1. The fraction of sp³-hybridized carbons (Fsp3) is 0.129. The Morgan fingerprint density at radius 3 is 2.64 bits per heavy atom. The fourth-order valence-electron chi connectivity index (χ4n) is 4.28. The lowest BCUT2D eigenvalue weighted by Gasteiger charge is -2.18. The first kappa shape index (κ1) is 28.4. The summed E-state index contributed by atoms with van der Waals surface area (Å²) in [6.45, 7) is -0.505. The SMILES string of the molecule is N#Cc1cncc(COc2cc(Oc3ncnc4c(-c5ccccc5)cccc34)c(Cl)cc2CN[C@@H](CO)C(=O)O)c1. The normalized spacial score (nSPS) is 11.5. The van der Waals surface area contributed by atoms with E-state index < -0.39 is 18.6 Å². The topological polar surface area (TPSA) is 150 Å². The number of aliphatic carboxylic acids is 1. The predicted octanol–water partition coefficient (Wildman–Crippen LogP) is 5.12. The van der Waals surface area contributed by atoms with Crippen molar-refractivity contribution in [2.45, 2.75) is 19.2 Å². The Labute approximate surface area is 245 Å². The molecule has 5 aromatic rings. The smallest absolute Gasteiger partial charge is 0.323 e. The highest BCUT2D eigenvalue weighted by Crippen LogP contribution is 2.38. The minimum atomic E-state index is -1.20. The molecule has 42 heavy (non-hydrogen) atoms. The molecule has 0 aliphatic rings. The maximum Gasteiger partial charge on any atom is 0.323 e. The van der Waals surface area contributed by atoms with Crippen LogP contribution in [0.4, 0.5) is 0 Å². The second-order valence-corrected chi connectivity index (χ2v) is 9.58. The average molecular weight is 582 g/mol. The van der Waals surface area contributed by atoms with Crippen LogP contribution in [-0.4, -0.2) is 43.8 Å². The molecular weight excluding hydrogens is 558 g/mol. The summed E-state index contributed by atoms with van der Waals surface area (Å²) in [5.74, 6) is -0.319. The number of benzene rings is 3. The van der Waals surface area contributed by atoms with Gasteiger partial charge in [0.15, 0.2) is 5.75 Å². The summed E-state index contributed by atoms with van der Waals surface area (Å²) >= 11 is 6.63. The molecule has 3 aromatic carbocycles. The minimum Gasteiger partial charge on any atom is -0.488 e. The molecule has 0 fully saturated rings. The number of hydrogen-bond donors (Lipinski definition) is 3. The number of aromatic nitrogens is 3. The van der Waals surface area contributed by atoms with Gasteiger partial charge in [-0.25, -0.2) is 9.97 Å². The van der Waals surface area contributed by atoms with Gasteiger partial charge in [-0.2, -0.15) is 5.26 Å². The number of aliphatic hydroxyl groups excluding tert-OH is 1. The van der Waals surface area contributed by atoms with Gasteiger partial charge in [0, 0.05) is 41.7 Å². The van der Waals surface area contributed by atoms with E-state index in [0.717, 1.165) is 11.1 Å². The van der Waals surface area contributed by atoms with Gasteiger partial charge in [-0.15, -0.1) is 0 Å². The van der Waals surface area contributed by atoms with Gasteiger partial charge in [0.05, 0.1) is 28.1 Å². The fourth-order valence-corrected chi connectivity index (χ4v) is 4.50. The van der Waals surface area contributed by atoms with E-state index in [9.17, 15) is 20.3 Å². The van der Waals surface area contributed by atoms with Crippen molar-refractivity contribution in [3.05, 3.63) is 107 Å². The van der Waals surface area contributed by atoms with Crippen LogP contribution in [0.25, 0.3) is 22.0 Å². The summed E-state index contributed by atoms with van der Waals surface area (Å²) < 4.78 is 12.3. The molecule has 2 aromatic heterocycles. The number of carbonyl (C=O) groups is 1. The van der Waals surface area contributed by atoms with Crippen LogP contribution in [0.1, 0.15) is 16.7 Å². The third-order valence-corrected chi connectivity index (χ3v) is 6.67. The quantitative estimate of drug-likeness (QED) is 0.192. The first-order valence-corrected chi connectivity index (χ1v) is 13.2. The Balaban J connectivity index is 1.49. The van der Waals surface area contributed by atoms with E-state index in [-0.39, 0.29) is 29.8 Å². The lowest BCUT2D eigenvalue weighted by Crippen LogP contribution is -2.39. The maximum absolute atomic E-state index is 11.4. The second kappa shape index (κ2) is 13.1. The van der Waals surface area contributed by atoms with E-state index >= 15 is 0 Å². The monoisotopic (exact) mass is 581 g/mol. The number of halogens is 1. The summed E-state index contributed by atoms with van der Waals surface area (Å²) in [6.07, 6.45) is 4.45. The van der Waals surface area contributed by atoms with Gasteiger partial charge >= 0.3 is 5.97 Å². The molecule has 0 saturated carbocycles. The first-order valence-electron chi connectivity index (χ1n) is 12.8. The number of nitrogens with zero attached hydrogens (tertiary/aromatic N) is 4. The lowest BCUT2D eigenvalue weighted by atomic mass is 10.0. The number of para-hydroxylation sites is 1. The molecule has 11 heteroatoms. The molecule has 2 heterocycles. The molecule has 0 radical (unpaired) electrons. The highest BCUT2D eigenvalue weighted by molar-refractivity contribution is 6.32. The summed E-state index contributed by atoms with van der Waals surface area (Å²) in [5, 5.41) is 31.6. The van der Waals surface area contributed by atoms with Gasteiger partial charge < -0.3 is 19.7 Å². The summed E-state index contributed by atoms with van der Waals surface area (Å²) in [5.41, 5.74) is 4.18. The van der Waals surface area contributed by atoms with E-state index in [0.29, 0.717) is 33.3 Å². The average Bonchev–Trinajstić information content (AvgIpc) is 3.02. The van der Waals surface area contributed by atoms with Crippen LogP contribution in [0.3, 0.4) is 0 Å². The molecule has 0 aliphatic heterocycles. The molecule has 1 atom stereocenters. The van der Waals surface area contributed by atoms with Crippen molar-refractivity contribution in [3.63, 3.8) is 0 Å². The van der Waals surface area contributed by atoms with Gasteiger partial charge in [-0.05, 0) is 23.8 Å². The highest BCUT2D eigenvalue weighted by Gasteiger charge is 2.19. The van der Waals surface area contributed by atoms with Gasteiger partial charge in [-0.3, -0.25) is 15.1 Å². The molecule has 0 aliphatic carbocycles. The van der Waals surface area contributed by atoms with Crippen molar-refractivity contribution in [2.75, 3.05) is 6.61 Å². The molecule has 210 valence electrons. The van der Waals surface area contributed by atoms with Crippen molar-refractivity contribution in [1.82, 2.24) is 20.3 Å². The largest absolute Gasteiger partial charge is 0.488 e. The molecule has 0 amide bonds. The molecule has 0 spiro atoms. The van der Waals surface area contributed by atoms with Crippen molar-refractivity contribution >= 4 is 28.5 Å². The van der Waals surface area contributed by atoms with Crippen LogP contribution in [0.2, 0.25) is 5.02 Å². The van der Waals surface area contributed by atoms with Crippen molar-refractivity contribution in [3.8, 4) is 34.6 Å². The third-order valence-electron chi connectivity index (χ3n) is 6.37. The standard InChI is InChI=1S/C31H24ClN5O5/c32-25-10-22(15-35-26(16-38)31(39)40)27(41-17-20-9-19(12-33)13-34-14-20)11-28(25)42-30-24-8-4-7-23(29(24)36-18-37-30)21-5-2-1-3-6-21/h1-11,13-14,18,26,35,38H,15-17H2,(H,39,40)/t26-/m0/s1. The van der Waals surface area contributed by atoms with Gasteiger partial charge in [-0.1, -0.05) is 54.1 Å². The molecule has 10 nitrogen and oxygen atoms in total. The van der Waals surface area contributed by atoms with Crippen LogP contribution in [-0.2, 0) is 17.9 Å². The zero-order valence-electron chi connectivity index (χ0n) is 22.1. The maximum atomic E-state index is 11.4. The van der Waals surface area contributed by atoms with Crippen LogP contribution >= 0.6 is 11.6 Å². The molecule has 0 bridgehead atoms. The van der Waals surface area contributed by atoms with Crippen molar-refractivity contribution < 1.29 is 24.5 Å². The Morgan fingerprint density at radius 1 is 1.05 bits per heavy atom. The highest BCUT2D eigenvalue weighted by atomic mass is 35.5. The van der Waals surface area contributed by atoms with Crippen molar-refractivity contribution in [1.29, 1.82) is 5.26 Å². The Morgan fingerprint density at radius 2 is 1.88 bits per heavy atom. The van der Waals surface area contributed by atoms with E-state index in [4.69, 9.17) is 21.1 Å². The number of carboxylic acids is 1. The number of hydrogen-bond acceptors (Lipinski definition) is 9. The lowest BCUT2D eigenvalue weighted by molar-refractivity contribution is -0.140. The summed E-state index contributed by atoms with van der Waals surface area (Å²) in [4.78, 5) is 24.3. The second-order valence-electron chi connectivity index (χ2n) is 9.18. The number of fused-ring (bicyclic) bond motifs is 1. The zero-order chi connectivity index (χ0) is 29.5.